The van der Waals surface area contributed by atoms with Crippen molar-refractivity contribution in [2.24, 2.45) is 0 Å². The molecule has 1 unspecified atom stereocenters. The molecule has 0 aliphatic heterocycles. The molecule has 0 saturated heterocycles. The minimum absolute atomic E-state index is 0.162. The summed E-state index contributed by atoms with van der Waals surface area (Å²) >= 11 is 4.39. The number of hydrogen-bond acceptors (Lipinski definition) is 4. The fraction of sp³-hybridized carbons (Fsp3) is 0.750. The molecule has 0 aromatic carbocycles. The fourth-order valence-electron chi connectivity index (χ4n) is 0.239. The van der Waals surface area contributed by atoms with Crippen LogP contribution in [0.15, 0.2) is 0 Å². The zero-order valence-corrected chi connectivity index (χ0v) is 6.63. The molecule has 5 heteroatoms. The average molecular weight is 165 g/mol. The van der Waals surface area contributed by atoms with Crippen molar-refractivity contribution in [1.29, 1.82) is 5.26 Å². The summed E-state index contributed by atoms with van der Waals surface area (Å²) in [6.07, 6.45) is 1.56. The molecule has 0 spiro atoms. The fourth-order valence-corrected chi connectivity index (χ4v) is 0.829. The van der Waals surface area contributed by atoms with Crippen LogP contribution in [0.2, 0.25) is 0 Å². The van der Waals surface area contributed by atoms with Crippen molar-refractivity contribution in [3.05, 3.63) is 0 Å². The third-order valence-corrected chi connectivity index (χ3v) is 1.39. The molecule has 0 aromatic heterocycles. The predicted octanol–water partition coefficient (Wildman–Crippen LogP) is 0.208. The predicted molar refractivity (Wildman–Crippen MR) is 37.6 cm³/mol. The normalized spacial score (nSPS) is 16.0. The van der Waals surface area contributed by atoms with Crippen LogP contribution in [-0.2, 0) is 24.1 Å². The molecule has 0 heterocycles. The molecule has 1 atom stereocenters. The Morgan fingerprint density at radius 1 is 1.89 bits per heavy atom. The third-order valence-electron chi connectivity index (χ3n) is 0.511. The quantitative estimate of drug-likeness (QED) is 0.561. The molecule has 0 saturated carbocycles. The van der Waals surface area contributed by atoms with Gasteiger partial charge in [0.25, 0.3) is 0 Å². The molecule has 0 aliphatic carbocycles. The zero-order valence-electron chi connectivity index (χ0n) is 4.99. The summed E-state index contributed by atoms with van der Waals surface area (Å²) in [6.45, 7) is 0.162. The molecule has 9 heavy (non-hydrogen) atoms. The lowest BCUT2D eigenvalue weighted by Gasteiger charge is -1.96. The maximum atomic E-state index is 10.5. The lowest BCUT2D eigenvalue weighted by atomic mass is 10.5. The molecule has 0 aromatic rings. The molecule has 0 radical (unpaired) electrons. The van der Waals surface area contributed by atoms with Gasteiger partial charge in [0.05, 0.1) is 19.1 Å². The summed E-state index contributed by atoms with van der Waals surface area (Å²) in [5.41, 5.74) is 0. The van der Waals surface area contributed by atoms with E-state index in [1.54, 1.807) is 0 Å². The van der Waals surface area contributed by atoms with Gasteiger partial charge in [0.15, 0.2) is 0 Å². The molecule has 0 fully saturated rings. The number of nitrogens with zero attached hydrogens (tertiary/aromatic N) is 1. The van der Waals surface area contributed by atoms with E-state index in [0.29, 0.717) is 0 Å². The first-order valence-corrected chi connectivity index (χ1v) is 5.09. The van der Waals surface area contributed by atoms with Gasteiger partial charge in [0.1, 0.15) is 8.77 Å². The van der Waals surface area contributed by atoms with Crippen LogP contribution in [0, 0.1) is 11.3 Å². The van der Waals surface area contributed by atoms with E-state index in [1.807, 2.05) is 6.07 Å². The van der Waals surface area contributed by atoms with Gasteiger partial charge in [0, 0.05) is 17.4 Å². The van der Waals surface area contributed by atoms with Gasteiger partial charge in [-0.3, -0.25) is 4.18 Å². The first kappa shape index (κ1) is 8.82. The van der Waals surface area contributed by atoms with Crippen LogP contribution in [0.5, 0.6) is 0 Å². The van der Waals surface area contributed by atoms with Crippen LogP contribution in [0.1, 0.15) is 6.42 Å². The van der Waals surface area contributed by atoms with Crippen LogP contribution in [-0.4, -0.2) is 17.1 Å². The lowest BCUT2D eigenvalue weighted by molar-refractivity contribution is 0.358. The Kier molecular flexibility index (Phi) is 3.70. The van der Waals surface area contributed by atoms with Crippen molar-refractivity contribution in [3.63, 3.8) is 0 Å². The Labute approximate surface area is 59.5 Å². The first-order chi connectivity index (χ1) is 4.06. The van der Waals surface area contributed by atoms with Crippen LogP contribution in [0.3, 0.4) is 0 Å². The van der Waals surface area contributed by atoms with Gasteiger partial charge < -0.3 is 0 Å². The molecule has 0 N–H and O–H groups in total. The Balaban J connectivity index is 3.44. The SMILES string of the molecule is CS(=O)(=S)OCCC#N. The van der Waals surface area contributed by atoms with Gasteiger partial charge in [-0.2, -0.15) is 5.26 Å². The first-order valence-electron chi connectivity index (χ1n) is 2.27. The minimum atomic E-state index is -2.51. The molecular weight excluding hydrogens is 158 g/mol. The molecule has 52 valence electrons. The monoisotopic (exact) mass is 165 g/mol. The van der Waals surface area contributed by atoms with E-state index in [1.165, 1.54) is 6.26 Å². The van der Waals surface area contributed by atoms with Crippen LogP contribution in [0.25, 0.3) is 0 Å². The molecule has 0 bridgehead atoms. The van der Waals surface area contributed by atoms with Gasteiger partial charge in [-0.15, -0.1) is 0 Å². The summed E-state index contributed by atoms with van der Waals surface area (Å²) in [7, 11) is -2.51. The van der Waals surface area contributed by atoms with Crippen molar-refractivity contribution < 1.29 is 8.39 Å². The van der Waals surface area contributed by atoms with E-state index in [-0.39, 0.29) is 13.0 Å². The molecule has 3 nitrogen and oxygen atoms in total. The van der Waals surface area contributed by atoms with Crippen molar-refractivity contribution in [2.45, 2.75) is 6.42 Å². The summed E-state index contributed by atoms with van der Waals surface area (Å²) in [5, 5.41) is 8.01. The molecule has 0 rings (SSSR count). The molecular formula is C4H7NO2S2. The summed E-state index contributed by atoms with van der Waals surface area (Å²) in [4.78, 5) is 0. The van der Waals surface area contributed by atoms with E-state index in [2.05, 4.69) is 15.4 Å². The Bertz CT molecular complexity index is 201. The van der Waals surface area contributed by atoms with E-state index < -0.39 is 8.77 Å². The van der Waals surface area contributed by atoms with Crippen molar-refractivity contribution >= 4 is 20.0 Å². The summed E-state index contributed by atoms with van der Waals surface area (Å²) in [6, 6.07) is 1.84. The second-order valence-electron chi connectivity index (χ2n) is 1.43. The number of hydrogen-bond donors (Lipinski definition) is 0. The van der Waals surface area contributed by atoms with E-state index in [9.17, 15) is 4.21 Å². The summed E-state index contributed by atoms with van der Waals surface area (Å²) < 4.78 is 15.1. The topological polar surface area (TPSA) is 50.1 Å². The maximum absolute atomic E-state index is 10.5. The van der Waals surface area contributed by atoms with Gasteiger partial charge in [-0.1, -0.05) is 0 Å². The van der Waals surface area contributed by atoms with Crippen molar-refractivity contribution in [2.75, 3.05) is 12.9 Å². The van der Waals surface area contributed by atoms with Crippen LogP contribution >= 0.6 is 0 Å². The standard InChI is InChI=1S/C4H7NO2S2/c1-9(6,8)7-4-2-3-5/h2,4H2,1H3. The maximum Gasteiger partial charge on any atom is 0.141 e. The van der Waals surface area contributed by atoms with Crippen molar-refractivity contribution in [3.8, 4) is 6.07 Å². The third kappa shape index (κ3) is 7.82. The zero-order chi connectivity index (χ0) is 7.33. The van der Waals surface area contributed by atoms with Crippen LogP contribution < -0.4 is 0 Å². The highest BCUT2D eigenvalue weighted by atomic mass is 32.8. The van der Waals surface area contributed by atoms with E-state index >= 15 is 0 Å². The van der Waals surface area contributed by atoms with E-state index in [0.717, 1.165) is 0 Å². The highest BCUT2D eigenvalue weighted by Gasteiger charge is 1.94. The summed E-state index contributed by atoms with van der Waals surface area (Å²) in [5.74, 6) is 0. The molecule has 0 amide bonds. The highest BCUT2D eigenvalue weighted by Crippen LogP contribution is 1.88. The minimum Gasteiger partial charge on any atom is -0.289 e. The van der Waals surface area contributed by atoms with Gasteiger partial charge >= 0.3 is 0 Å². The number of rotatable bonds is 3. The van der Waals surface area contributed by atoms with Gasteiger partial charge in [-0.05, 0) is 0 Å². The second-order valence-corrected chi connectivity index (χ2v) is 4.89. The highest BCUT2D eigenvalue weighted by molar-refractivity contribution is 8.29. The van der Waals surface area contributed by atoms with Gasteiger partial charge in [0.2, 0.25) is 0 Å². The Hall–Kier alpha value is -0.180. The Morgan fingerprint density at radius 2 is 2.44 bits per heavy atom. The Morgan fingerprint density at radius 3 is 2.78 bits per heavy atom. The number of nitriles is 1. The smallest absolute Gasteiger partial charge is 0.141 e. The largest absolute Gasteiger partial charge is 0.289 e. The van der Waals surface area contributed by atoms with Crippen molar-refractivity contribution in [1.82, 2.24) is 0 Å². The average Bonchev–Trinajstić information content (AvgIpc) is 1.63. The van der Waals surface area contributed by atoms with Crippen LogP contribution in [0.4, 0.5) is 0 Å². The lowest BCUT2D eigenvalue weighted by Crippen LogP contribution is -2.01. The second kappa shape index (κ2) is 3.77. The molecule has 0 aliphatic rings. The van der Waals surface area contributed by atoms with Gasteiger partial charge in [-0.25, -0.2) is 4.21 Å². The van der Waals surface area contributed by atoms with E-state index in [4.69, 9.17) is 5.26 Å².